The fourth-order valence-electron chi connectivity index (χ4n) is 1.60. The van der Waals surface area contributed by atoms with Crippen LogP contribution in [-0.2, 0) is 4.79 Å². The maximum Gasteiger partial charge on any atom is 0.227 e. The van der Waals surface area contributed by atoms with Gasteiger partial charge in [0.15, 0.2) is 0 Å². The van der Waals surface area contributed by atoms with Crippen LogP contribution in [0.1, 0.15) is 32.3 Å². The normalized spacial score (nSPS) is 12.2. The Hall–Kier alpha value is -1.51. The number of nitrogens with one attached hydrogen (secondary N) is 1. The molecule has 0 spiro atoms. The van der Waals surface area contributed by atoms with Crippen LogP contribution in [0.2, 0.25) is 0 Å². The summed E-state index contributed by atoms with van der Waals surface area (Å²) in [6, 6.07) is 5.64. The van der Waals surface area contributed by atoms with Crippen molar-refractivity contribution >= 4 is 17.3 Å². The van der Waals surface area contributed by atoms with Gasteiger partial charge in [-0.3, -0.25) is 4.79 Å². The number of carbonyl (C=O) groups excluding carboxylic acids is 1. The zero-order valence-corrected chi connectivity index (χ0v) is 10.2. The topological polar surface area (TPSA) is 55.1 Å². The molecular formula is C13H20N2O. The Bertz CT molecular complexity index is 374. The van der Waals surface area contributed by atoms with Crippen LogP contribution in [-0.4, -0.2) is 5.91 Å². The number of carbonyl (C=O) groups is 1. The summed E-state index contributed by atoms with van der Waals surface area (Å²) in [6.45, 7) is 5.99. The molecule has 88 valence electrons. The number of rotatable bonds is 4. The lowest BCUT2D eigenvalue weighted by Crippen LogP contribution is -2.20. The van der Waals surface area contributed by atoms with Crippen molar-refractivity contribution in [3.63, 3.8) is 0 Å². The molecular weight excluding hydrogens is 200 g/mol. The lowest BCUT2D eigenvalue weighted by Gasteiger charge is -2.13. The van der Waals surface area contributed by atoms with Gasteiger partial charge in [0.25, 0.3) is 0 Å². The van der Waals surface area contributed by atoms with E-state index in [4.69, 9.17) is 5.73 Å². The minimum absolute atomic E-state index is 0.0323. The van der Waals surface area contributed by atoms with E-state index in [0.717, 1.165) is 18.4 Å². The SMILES string of the molecule is CCCC(C)C(=O)Nc1cc(C)ccc1N. The first-order valence-electron chi connectivity index (χ1n) is 5.71. The van der Waals surface area contributed by atoms with Crippen LogP contribution >= 0.6 is 0 Å². The minimum atomic E-state index is 0.0323. The van der Waals surface area contributed by atoms with Crippen molar-refractivity contribution in [1.29, 1.82) is 0 Å². The third-order valence-electron chi connectivity index (χ3n) is 2.64. The minimum Gasteiger partial charge on any atom is -0.397 e. The average molecular weight is 220 g/mol. The molecule has 16 heavy (non-hydrogen) atoms. The molecule has 3 heteroatoms. The molecule has 0 bridgehead atoms. The van der Waals surface area contributed by atoms with Crippen LogP contribution in [0.3, 0.4) is 0 Å². The second-order valence-electron chi connectivity index (χ2n) is 4.27. The van der Waals surface area contributed by atoms with E-state index in [-0.39, 0.29) is 11.8 Å². The molecule has 0 radical (unpaired) electrons. The first kappa shape index (κ1) is 12.6. The largest absolute Gasteiger partial charge is 0.397 e. The van der Waals surface area contributed by atoms with E-state index in [1.165, 1.54) is 0 Å². The summed E-state index contributed by atoms with van der Waals surface area (Å²) < 4.78 is 0. The van der Waals surface area contributed by atoms with Crippen molar-refractivity contribution in [3.05, 3.63) is 23.8 Å². The van der Waals surface area contributed by atoms with Gasteiger partial charge >= 0.3 is 0 Å². The molecule has 0 aliphatic rings. The molecule has 3 nitrogen and oxygen atoms in total. The van der Waals surface area contributed by atoms with Crippen molar-refractivity contribution in [2.45, 2.75) is 33.6 Å². The molecule has 1 unspecified atom stereocenters. The van der Waals surface area contributed by atoms with Crippen LogP contribution < -0.4 is 11.1 Å². The van der Waals surface area contributed by atoms with Crippen LogP contribution in [0.25, 0.3) is 0 Å². The fraction of sp³-hybridized carbons (Fsp3) is 0.462. The van der Waals surface area contributed by atoms with Gasteiger partial charge < -0.3 is 11.1 Å². The Balaban J connectivity index is 2.72. The lowest BCUT2D eigenvalue weighted by molar-refractivity contribution is -0.119. The third kappa shape index (κ3) is 3.26. The van der Waals surface area contributed by atoms with E-state index >= 15 is 0 Å². The molecule has 0 aliphatic carbocycles. The molecule has 0 aromatic heterocycles. The van der Waals surface area contributed by atoms with Gasteiger partial charge in [0, 0.05) is 5.92 Å². The molecule has 1 aromatic carbocycles. The number of nitrogens with two attached hydrogens (primary N) is 1. The summed E-state index contributed by atoms with van der Waals surface area (Å²) in [7, 11) is 0. The van der Waals surface area contributed by atoms with Crippen LogP contribution in [0.15, 0.2) is 18.2 Å². The van der Waals surface area contributed by atoms with E-state index in [9.17, 15) is 4.79 Å². The molecule has 0 saturated heterocycles. The molecule has 1 rings (SSSR count). The number of aryl methyl sites for hydroxylation is 1. The summed E-state index contributed by atoms with van der Waals surface area (Å²) in [5.41, 5.74) is 8.22. The highest BCUT2D eigenvalue weighted by Crippen LogP contribution is 2.20. The Morgan fingerprint density at radius 1 is 1.50 bits per heavy atom. The molecule has 1 amide bonds. The van der Waals surface area contributed by atoms with Crippen LogP contribution in [0, 0.1) is 12.8 Å². The van der Waals surface area contributed by atoms with Gasteiger partial charge in [-0.2, -0.15) is 0 Å². The number of amides is 1. The maximum absolute atomic E-state index is 11.8. The first-order chi connectivity index (χ1) is 7.54. The van der Waals surface area contributed by atoms with Gasteiger partial charge in [-0.05, 0) is 31.0 Å². The van der Waals surface area contributed by atoms with E-state index < -0.39 is 0 Å². The molecule has 0 heterocycles. The Morgan fingerprint density at radius 2 is 2.19 bits per heavy atom. The van der Waals surface area contributed by atoms with Crippen LogP contribution in [0.5, 0.6) is 0 Å². The van der Waals surface area contributed by atoms with Crippen molar-refractivity contribution in [2.75, 3.05) is 11.1 Å². The summed E-state index contributed by atoms with van der Waals surface area (Å²) >= 11 is 0. The Labute approximate surface area is 97.0 Å². The number of hydrogen-bond donors (Lipinski definition) is 2. The quantitative estimate of drug-likeness (QED) is 0.766. The van der Waals surface area contributed by atoms with E-state index in [1.54, 1.807) is 0 Å². The van der Waals surface area contributed by atoms with Gasteiger partial charge in [-0.1, -0.05) is 26.3 Å². The summed E-state index contributed by atoms with van der Waals surface area (Å²) in [5, 5.41) is 2.87. The van der Waals surface area contributed by atoms with Gasteiger partial charge in [-0.25, -0.2) is 0 Å². The number of benzene rings is 1. The smallest absolute Gasteiger partial charge is 0.227 e. The molecule has 0 aliphatic heterocycles. The zero-order chi connectivity index (χ0) is 12.1. The van der Waals surface area contributed by atoms with E-state index in [1.807, 2.05) is 32.0 Å². The molecule has 1 atom stereocenters. The van der Waals surface area contributed by atoms with Crippen molar-refractivity contribution < 1.29 is 4.79 Å². The van der Waals surface area contributed by atoms with Crippen molar-refractivity contribution in [3.8, 4) is 0 Å². The van der Waals surface area contributed by atoms with Gasteiger partial charge in [0.1, 0.15) is 0 Å². The summed E-state index contributed by atoms with van der Waals surface area (Å²) in [4.78, 5) is 11.8. The second kappa shape index (κ2) is 5.54. The molecule has 0 saturated carbocycles. The summed E-state index contributed by atoms with van der Waals surface area (Å²) in [5.74, 6) is 0.0732. The predicted molar refractivity (Wildman–Crippen MR) is 68.3 cm³/mol. The standard InChI is InChI=1S/C13H20N2O/c1-4-5-10(3)13(16)15-12-8-9(2)6-7-11(12)14/h6-8,10H,4-5,14H2,1-3H3,(H,15,16). The molecule has 3 N–H and O–H groups in total. The highest BCUT2D eigenvalue weighted by atomic mass is 16.1. The number of nitrogen functional groups attached to an aromatic ring is 1. The molecule has 0 fully saturated rings. The predicted octanol–water partition coefficient (Wildman–Crippen LogP) is 2.95. The number of hydrogen-bond acceptors (Lipinski definition) is 2. The van der Waals surface area contributed by atoms with Crippen LogP contribution in [0.4, 0.5) is 11.4 Å². The zero-order valence-electron chi connectivity index (χ0n) is 10.2. The highest BCUT2D eigenvalue weighted by molar-refractivity contribution is 5.95. The van der Waals surface area contributed by atoms with Gasteiger partial charge in [0.05, 0.1) is 11.4 Å². The second-order valence-corrected chi connectivity index (χ2v) is 4.27. The summed E-state index contributed by atoms with van der Waals surface area (Å²) in [6.07, 6.45) is 1.91. The fourth-order valence-corrected chi connectivity index (χ4v) is 1.60. The lowest BCUT2D eigenvalue weighted by atomic mass is 10.1. The average Bonchev–Trinajstić information content (AvgIpc) is 2.23. The van der Waals surface area contributed by atoms with E-state index in [2.05, 4.69) is 12.2 Å². The van der Waals surface area contributed by atoms with Gasteiger partial charge in [-0.15, -0.1) is 0 Å². The Kier molecular flexibility index (Phi) is 4.35. The highest BCUT2D eigenvalue weighted by Gasteiger charge is 2.12. The van der Waals surface area contributed by atoms with Crippen molar-refractivity contribution in [2.24, 2.45) is 5.92 Å². The molecule has 1 aromatic rings. The van der Waals surface area contributed by atoms with Crippen molar-refractivity contribution in [1.82, 2.24) is 0 Å². The first-order valence-corrected chi connectivity index (χ1v) is 5.71. The number of anilines is 2. The third-order valence-corrected chi connectivity index (χ3v) is 2.64. The van der Waals surface area contributed by atoms with Gasteiger partial charge in [0.2, 0.25) is 5.91 Å². The Morgan fingerprint density at radius 3 is 2.81 bits per heavy atom. The maximum atomic E-state index is 11.8. The van der Waals surface area contributed by atoms with E-state index in [0.29, 0.717) is 11.4 Å². The monoisotopic (exact) mass is 220 g/mol.